The van der Waals surface area contributed by atoms with Gasteiger partial charge in [-0.1, -0.05) is 13.8 Å². The summed E-state index contributed by atoms with van der Waals surface area (Å²) in [5.41, 5.74) is -0.0831. The Labute approximate surface area is 131 Å². The summed E-state index contributed by atoms with van der Waals surface area (Å²) in [6.45, 7) is 4.95. The van der Waals surface area contributed by atoms with Crippen LogP contribution in [0, 0.1) is 5.41 Å². The van der Waals surface area contributed by atoms with Gasteiger partial charge in [0.1, 0.15) is 0 Å². The molecule has 8 heteroatoms. The number of nitrogens with zero attached hydrogens (tertiary/aromatic N) is 1. The van der Waals surface area contributed by atoms with Crippen molar-refractivity contribution < 1.29 is 13.6 Å². The van der Waals surface area contributed by atoms with E-state index in [-0.39, 0.29) is 36.1 Å². The van der Waals surface area contributed by atoms with E-state index in [1.165, 1.54) is 0 Å². The number of carbonyl (C=O) groups excluding carboxylic acids is 1. The van der Waals surface area contributed by atoms with E-state index in [1.807, 2.05) is 32.8 Å². The number of amides is 1. The standard InChI is InChI=1S/C12H23F2N3O.2ClH/c1-11(2,8-17(3)4)6-16-10(18)9-5-12(13,14)7-15-9;;/h9,15H,5-8H2,1-4H3,(H,16,18);2*1H. The van der Waals surface area contributed by atoms with Crippen LogP contribution in [0.4, 0.5) is 8.78 Å². The zero-order valence-corrected chi connectivity index (χ0v) is 14.0. The van der Waals surface area contributed by atoms with E-state index < -0.39 is 24.9 Å². The Morgan fingerprint density at radius 3 is 2.35 bits per heavy atom. The highest BCUT2D eigenvalue weighted by atomic mass is 35.5. The van der Waals surface area contributed by atoms with Gasteiger partial charge in [0.05, 0.1) is 12.6 Å². The molecule has 0 aromatic rings. The minimum absolute atomic E-state index is 0. The summed E-state index contributed by atoms with van der Waals surface area (Å²) in [6, 6.07) is -0.768. The van der Waals surface area contributed by atoms with Gasteiger partial charge in [0.25, 0.3) is 5.92 Å². The summed E-state index contributed by atoms with van der Waals surface area (Å²) in [6.07, 6.45) is -0.410. The highest BCUT2D eigenvalue weighted by molar-refractivity contribution is 5.85. The molecule has 2 N–H and O–H groups in total. The van der Waals surface area contributed by atoms with E-state index in [0.29, 0.717) is 6.54 Å². The van der Waals surface area contributed by atoms with Crippen LogP contribution >= 0.6 is 24.8 Å². The van der Waals surface area contributed by atoms with Crippen LogP contribution in [0.2, 0.25) is 0 Å². The predicted octanol–water partition coefficient (Wildman–Crippen LogP) is 1.53. The first-order chi connectivity index (χ1) is 8.11. The van der Waals surface area contributed by atoms with Gasteiger partial charge in [-0.15, -0.1) is 24.8 Å². The van der Waals surface area contributed by atoms with Crippen LogP contribution in [0.25, 0.3) is 0 Å². The Hall–Kier alpha value is -0.170. The fourth-order valence-corrected chi connectivity index (χ4v) is 2.26. The lowest BCUT2D eigenvalue weighted by Gasteiger charge is -2.29. The van der Waals surface area contributed by atoms with Crippen molar-refractivity contribution in [2.75, 3.05) is 33.7 Å². The Morgan fingerprint density at radius 2 is 1.95 bits per heavy atom. The average molecular weight is 336 g/mol. The zero-order valence-electron chi connectivity index (χ0n) is 12.3. The first-order valence-corrected chi connectivity index (χ1v) is 6.15. The summed E-state index contributed by atoms with van der Waals surface area (Å²) < 4.78 is 25.9. The second kappa shape index (κ2) is 8.32. The van der Waals surface area contributed by atoms with Gasteiger partial charge in [-0.05, 0) is 19.5 Å². The van der Waals surface area contributed by atoms with Crippen molar-refractivity contribution >= 4 is 30.7 Å². The normalized spacial score (nSPS) is 21.1. The molecule has 0 aliphatic carbocycles. The van der Waals surface area contributed by atoms with Crippen molar-refractivity contribution in [3.05, 3.63) is 0 Å². The number of hydrogen-bond donors (Lipinski definition) is 2. The minimum Gasteiger partial charge on any atom is -0.354 e. The molecule has 1 fully saturated rings. The molecule has 1 saturated heterocycles. The first-order valence-electron chi connectivity index (χ1n) is 6.15. The maximum atomic E-state index is 13.0. The number of alkyl halides is 2. The van der Waals surface area contributed by atoms with Gasteiger partial charge in [0.2, 0.25) is 5.91 Å². The second-order valence-electron chi connectivity index (χ2n) is 6.11. The van der Waals surface area contributed by atoms with Crippen molar-refractivity contribution in [3.63, 3.8) is 0 Å². The van der Waals surface area contributed by atoms with Crippen molar-refractivity contribution in [1.29, 1.82) is 0 Å². The van der Waals surface area contributed by atoms with Crippen molar-refractivity contribution in [3.8, 4) is 0 Å². The molecule has 1 aliphatic rings. The topological polar surface area (TPSA) is 44.4 Å². The van der Waals surface area contributed by atoms with Crippen molar-refractivity contribution in [2.24, 2.45) is 5.41 Å². The average Bonchev–Trinajstić information content (AvgIpc) is 2.53. The summed E-state index contributed by atoms with van der Waals surface area (Å²) in [5.74, 6) is -3.10. The molecule has 122 valence electrons. The summed E-state index contributed by atoms with van der Waals surface area (Å²) in [7, 11) is 3.92. The third-order valence-electron chi connectivity index (χ3n) is 2.91. The molecule has 4 nitrogen and oxygen atoms in total. The number of nitrogens with one attached hydrogen (secondary N) is 2. The highest BCUT2D eigenvalue weighted by Crippen LogP contribution is 2.25. The maximum Gasteiger partial charge on any atom is 0.262 e. The van der Waals surface area contributed by atoms with Crippen LogP contribution in [-0.2, 0) is 4.79 Å². The van der Waals surface area contributed by atoms with Gasteiger partial charge in [0, 0.05) is 19.5 Å². The molecule has 1 atom stereocenters. The highest BCUT2D eigenvalue weighted by Gasteiger charge is 2.42. The Kier molecular flexibility index (Phi) is 9.20. The van der Waals surface area contributed by atoms with E-state index in [4.69, 9.17) is 0 Å². The molecule has 1 unspecified atom stereocenters. The van der Waals surface area contributed by atoms with Crippen LogP contribution in [0.5, 0.6) is 0 Å². The van der Waals surface area contributed by atoms with E-state index in [2.05, 4.69) is 10.6 Å². The third-order valence-corrected chi connectivity index (χ3v) is 2.91. The molecular weight excluding hydrogens is 311 g/mol. The van der Waals surface area contributed by atoms with Crippen LogP contribution in [0.1, 0.15) is 20.3 Å². The van der Waals surface area contributed by atoms with E-state index >= 15 is 0 Å². The lowest BCUT2D eigenvalue weighted by atomic mass is 9.93. The molecule has 0 radical (unpaired) electrons. The quantitative estimate of drug-likeness (QED) is 0.800. The smallest absolute Gasteiger partial charge is 0.262 e. The Bertz CT molecular complexity index is 315. The van der Waals surface area contributed by atoms with Crippen LogP contribution < -0.4 is 10.6 Å². The molecule has 1 amide bonds. The molecule has 0 aromatic heterocycles. The number of carbonyl (C=O) groups is 1. The molecular formula is C12H25Cl2F2N3O. The SMILES string of the molecule is CN(C)CC(C)(C)CNC(=O)C1CC(F)(F)CN1.Cl.Cl. The number of hydrogen-bond acceptors (Lipinski definition) is 3. The molecule has 1 heterocycles. The third kappa shape index (κ3) is 7.57. The molecule has 0 spiro atoms. The fraction of sp³-hybridized carbons (Fsp3) is 0.917. The summed E-state index contributed by atoms with van der Waals surface area (Å²) in [5, 5.41) is 5.30. The lowest BCUT2D eigenvalue weighted by Crippen LogP contribution is -2.46. The van der Waals surface area contributed by atoms with Gasteiger partial charge in [-0.3, -0.25) is 10.1 Å². The van der Waals surface area contributed by atoms with Gasteiger partial charge in [0.15, 0.2) is 0 Å². The Morgan fingerprint density at radius 1 is 1.40 bits per heavy atom. The lowest BCUT2D eigenvalue weighted by molar-refractivity contribution is -0.123. The minimum atomic E-state index is -2.76. The molecule has 20 heavy (non-hydrogen) atoms. The predicted molar refractivity (Wildman–Crippen MR) is 81.2 cm³/mol. The van der Waals surface area contributed by atoms with Gasteiger partial charge >= 0.3 is 0 Å². The largest absolute Gasteiger partial charge is 0.354 e. The maximum absolute atomic E-state index is 13.0. The van der Waals surface area contributed by atoms with Crippen LogP contribution in [0.3, 0.4) is 0 Å². The second-order valence-corrected chi connectivity index (χ2v) is 6.11. The van der Waals surface area contributed by atoms with Gasteiger partial charge in [-0.2, -0.15) is 0 Å². The van der Waals surface area contributed by atoms with Crippen molar-refractivity contribution in [2.45, 2.75) is 32.2 Å². The van der Waals surface area contributed by atoms with Crippen LogP contribution in [0.15, 0.2) is 0 Å². The Balaban J connectivity index is 0. The summed E-state index contributed by atoms with van der Waals surface area (Å²) >= 11 is 0. The van der Waals surface area contributed by atoms with Crippen molar-refractivity contribution in [1.82, 2.24) is 15.5 Å². The van der Waals surface area contributed by atoms with Gasteiger partial charge in [-0.25, -0.2) is 8.78 Å². The van der Waals surface area contributed by atoms with E-state index in [1.54, 1.807) is 0 Å². The van der Waals surface area contributed by atoms with Gasteiger partial charge < -0.3 is 10.2 Å². The van der Waals surface area contributed by atoms with E-state index in [9.17, 15) is 13.6 Å². The zero-order chi connectivity index (χ0) is 14.0. The molecule has 0 aromatic carbocycles. The molecule has 0 saturated carbocycles. The summed E-state index contributed by atoms with van der Waals surface area (Å²) in [4.78, 5) is 13.8. The number of rotatable bonds is 5. The monoisotopic (exact) mass is 335 g/mol. The molecule has 1 rings (SSSR count). The van der Waals surface area contributed by atoms with E-state index in [0.717, 1.165) is 6.54 Å². The molecule has 0 bridgehead atoms. The molecule has 1 aliphatic heterocycles. The number of halogens is 4. The fourth-order valence-electron chi connectivity index (χ4n) is 2.26. The van der Waals surface area contributed by atoms with Crippen LogP contribution in [-0.4, -0.2) is 56.5 Å². The first kappa shape index (κ1) is 22.1.